The maximum Gasteiger partial charge on any atom is 0.240 e. The Bertz CT molecular complexity index is 815. The van der Waals surface area contributed by atoms with E-state index in [0.29, 0.717) is 6.42 Å². The van der Waals surface area contributed by atoms with Crippen molar-refractivity contribution in [3.05, 3.63) is 65.2 Å². The molecular formula is C22H26N2O2. The molecule has 136 valence electrons. The minimum Gasteiger partial charge on any atom is -0.497 e. The Morgan fingerprint density at radius 1 is 1.08 bits per heavy atom. The van der Waals surface area contributed by atoms with Crippen LogP contribution in [0.15, 0.2) is 53.6 Å². The molecule has 0 radical (unpaired) electrons. The van der Waals surface area contributed by atoms with E-state index < -0.39 is 0 Å². The predicted molar refractivity (Wildman–Crippen MR) is 105 cm³/mol. The van der Waals surface area contributed by atoms with Gasteiger partial charge in [0.1, 0.15) is 5.75 Å². The number of ether oxygens (including phenoxy) is 1. The zero-order valence-corrected chi connectivity index (χ0v) is 16.1. The fourth-order valence-corrected chi connectivity index (χ4v) is 3.22. The molecule has 1 atom stereocenters. The van der Waals surface area contributed by atoms with Crippen LogP contribution in [0, 0.1) is 0 Å². The summed E-state index contributed by atoms with van der Waals surface area (Å²) in [5, 5.41) is 6.20. The van der Waals surface area contributed by atoms with Crippen molar-refractivity contribution in [1.82, 2.24) is 5.01 Å². The summed E-state index contributed by atoms with van der Waals surface area (Å²) in [5.74, 6) is 0.767. The van der Waals surface area contributed by atoms with Gasteiger partial charge in [0.15, 0.2) is 0 Å². The predicted octanol–water partition coefficient (Wildman–Crippen LogP) is 4.69. The van der Waals surface area contributed by atoms with Crippen LogP contribution in [-0.4, -0.2) is 23.7 Å². The van der Waals surface area contributed by atoms with Crippen LogP contribution in [0.1, 0.15) is 56.8 Å². The molecule has 4 nitrogen and oxygen atoms in total. The second-order valence-electron chi connectivity index (χ2n) is 7.73. The SMILES string of the molecule is COc1ccc(C2=NN(C(C)=O)[C@@H](c3ccc(C(C)(C)C)cc3)C2)cc1. The van der Waals surface area contributed by atoms with Gasteiger partial charge in [-0.25, -0.2) is 5.01 Å². The zero-order valence-electron chi connectivity index (χ0n) is 16.1. The lowest BCUT2D eigenvalue weighted by atomic mass is 9.86. The third-order valence-electron chi connectivity index (χ3n) is 4.82. The van der Waals surface area contributed by atoms with E-state index in [2.05, 4.69) is 50.1 Å². The Labute approximate surface area is 155 Å². The maximum atomic E-state index is 12.1. The Morgan fingerprint density at radius 3 is 2.19 bits per heavy atom. The van der Waals surface area contributed by atoms with E-state index >= 15 is 0 Å². The van der Waals surface area contributed by atoms with E-state index in [9.17, 15) is 4.79 Å². The number of rotatable bonds is 3. The van der Waals surface area contributed by atoms with Crippen LogP contribution < -0.4 is 4.74 Å². The van der Waals surface area contributed by atoms with E-state index in [1.165, 1.54) is 5.56 Å². The highest BCUT2D eigenvalue weighted by Crippen LogP contribution is 2.34. The average molecular weight is 350 g/mol. The molecule has 4 heteroatoms. The van der Waals surface area contributed by atoms with E-state index in [1.807, 2.05) is 24.3 Å². The van der Waals surface area contributed by atoms with Gasteiger partial charge in [-0.1, -0.05) is 45.0 Å². The first-order valence-corrected chi connectivity index (χ1v) is 8.92. The van der Waals surface area contributed by atoms with Crippen LogP contribution in [-0.2, 0) is 10.2 Å². The van der Waals surface area contributed by atoms with Gasteiger partial charge >= 0.3 is 0 Å². The van der Waals surface area contributed by atoms with Gasteiger partial charge in [-0.2, -0.15) is 5.10 Å². The van der Waals surface area contributed by atoms with Crippen molar-refractivity contribution < 1.29 is 9.53 Å². The van der Waals surface area contributed by atoms with Crippen molar-refractivity contribution in [2.24, 2.45) is 5.10 Å². The summed E-state index contributed by atoms with van der Waals surface area (Å²) >= 11 is 0. The second-order valence-corrected chi connectivity index (χ2v) is 7.73. The van der Waals surface area contributed by atoms with Gasteiger partial charge in [0.2, 0.25) is 5.91 Å². The fourth-order valence-electron chi connectivity index (χ4n) is 3.22. The lowest BCUT2D eigenvalue weighted by molar-refractivity contribution is -0.130. The summed E-state index contributed by atoms with van der Waals surface area (Å²) in [4.78, 5) is 12.1. The fraction of sp³-hybridized carbons (Fsp3) is 0.364. The third-order valence-corrected chi connectivity index (χ3v) is 4.82. The average Bonchev–Trinajstić information content (AvgIpc) is 3.07. The lowest BCUT2D eigenvalue weighted by Crippen LogP contribution is -2.24. The van der Waals surface area contributed by atoms with Gasteiger partial charge in [0.25, 0.3) is 0 Å². The Kier molecular flexibility index (Phi) is 4.86. The highest BCUT2D eigenvalue weighted by Gasteiger charge is 2.31. The van der Waals surface area contributed by atoms with Crippen molar-refractivity contribution in [3.8, 4) is 5.75 Å². The van der Waals surface area contributed by atoms with Crippen LogP contribution in [0.3, 0.4) is 0 Å². The number of hydrazone groups is 1. The molecule has 26 heavy (non-hydrogen) atoms. The van der Waals surface area contributed by atoms with Crippen molar-refractivity contribution in [2.45, 2.75) is 45.6 Å². The molecule has 3 rings (SSSR count). The molecule has 0 bridgehead atoms. The molecule has 2 aromatic rings. The normalized spacial score (nSPS) is 17.2. The van der Waals surface area contributed by atoms with E-state index in [4.69, 9.17) is 4.74 Å². The highest BCUT2D eigenvalue weighted by molar-refractivity contribution is 6.03. The third kappa shape index (κ3) is 3.64. The maximum absolute atomic E-state index is 12.1. The molecule has 0 aliphatic carbocycles. The molecule has 1 aliphatic heterocycles. The molecule has 1 heterocycles. The molecule has 0 fully saturated rings. The molecule has 1 amide bonds. The number of carbonyl (C=O) groups excluding carboxylic acids is 1. The molecule has 1 aliphatic rings. The number of hydrogen-bond acceptors (Lipinski definition) is 3. The van der Waals surface area contributed by atoms with Crippen LogP contribution in [0.25, 0.3) is 0 Å². The first kappa shape index (κ1) is 18.2. The molecule has 0 saturated carbocycles. The topological polar surface area (TPSA) is 41.9 Å². The van der Waals surface area contributed by atoms with Gasteiger partial charge in [0, 0.05) is 13.3 Å². The summed E-state index contributed by atoms with van der Waals surface area (Å²) in [6.45, 7) is 8.16. The smallest absolute Gasteiger partial charge is 0.240 e. The van der Waals surface area contributed by atoms with E-state index in [0.717, 1.165) is 22.6 Å². The van der Waals surface area contributed by atoms with E-state index in [1.54, 1.807) is 19.0 Å². The minimum atomic E-state index is -0.0568. The number of carbonyl (C=O) groups is 1. The standard InChI is InChI=1S/C22H26N2O2/c1-15(25)24-21(17-6-10-18(11-7-17)22(2,3)4)14-20(23-24)16-8-12-19(26-5)13-9-16/h6-13,21H,14H2,1-5H3/t21-/m1/s1. The molecular weight excluding hydrogens is 324 g/mol. The van der Waals surface area contributed by atoms with Crippen molar-refractivity contribution in [3.63, 3.8) is 0 Å². The first-order valence-electron chi connectivity index (χ1n) is 8.92. The number of methoxy groups -OCH3 is 1. The minimum absolute atomic E-state index is 0.0431. The quantitative estimate of drug-likeness (QED) is 0.806. The van der Waals surface area contributed by atoms with Crippen molar-refractivity contribution in [1.29, 1.82) is 0 Å². The molecule has 0 unspecified atom stereocenters. The van der Waals surface area contributed by atoms with Gasteiger partial charge in [-0.15, -0.1) is 0 Å². The largest absolute Gasteiger partial charge is 0.497 e. The number of nitrogens with zero attached hydrogens (tertiary/aromatic N) is 2. The van der Waals surface area contributed by atoms with Gasteiger partial charge < -0.3 is 4.74 Å². The molecule has 0 spiro atoms. The van der Waals surface area contributed by atoms with Crippen molar-refractivity contribution >= 4 is 11.6 Å². The Morgan fingerprint density at radius 2 is 1.69 bits per heavy atom. The number of hydrogen-bond donors (Lipinski definition) is 0. The zero-order chi connectivity index (χ0) is 18.9. The molecule has 0 saturated heterocycles. The lowest BCUT2D eigenvalue weighted by Gasteiger charge is -2.23. The van der Waals surface area contributed by atoms with Gasteiger partial charge in [0.05, 0.1) is 18.9 Å². The monoisotopic (exact) mass is 350 g/mol. The number of benzene rings is 2. The summed E-state index contributed by atoms with van der Waals surface area (Å²) in [6.07, 6.45) is 0.709. The van der Waals surface area contributed by atoms with Gasteiger partial charge in [-0.3, -0.25) is 4.79 Å². The van der Waals surface area contributed by atoms with Crippen LogP contribution in [0.5, 0.6) is 5.75 Å². The molecule has 2 aromatic carbocycles. The van der Waals surface area contributed by atoms with Crippen LogP contribution in [0.2, 0.25) is 0 Å². The van der Waals surface area contributed by atoms with Gasteiger partial charge in [-0.05, 0) is 46.4 Å². The second kappa shape index (κ2) is 6.94. The summed E-state index contributed by atoms with van der Waals surface area (Å²) in [5.41, 5.74) is 4.45. The summed E-state index contributed by atoms with van der Waals surface area (Å²) in [6, 6.07) is 16.3. The van der Waals surface area contributed by atoms with E-state index in [-0.39, 0.29) is 17.4 Å². The van der Waals surface area contributed by atoms with Crippen LogP contribution in [0.4, 0.5) is 0 Å². The Hall–Kier alpha value is -2.62. The Balaban J connectivity index is 1.87. The molecule has 0 N–H and O–H groups in total. The summed E-state index contributed by atoms with van der Waals surface area (Å²) < 4.78 is 5.22. The number of amides is 1. The molecule has 0 aromatic heterocycles. The van der Waals surface area contributed by atoms with Crippen LogP contribution >= 0.6 is 0 Å². The summed E-state index contributed by atoms with van der Waals surface area (Å²) in [7, 11) is 1.65. The highest BCUT2D eigenvalue weighted by atomic mass is 16.5. The van der Waals surface area contributed by atoms with Crippen molar-refractivity contribution in [2.75, 3.05) is 7.11 Å². The first-order chi connectivity index (χ1) is 12.3.